The van der Waals surface area contributed by atoms with Crippen molar-refractivity contribution < 1.29 is 124 Å². The number of nitrogens with zero attached hydrogens (tertiary/aromatic N) is 7. The maximum atomic E-state index is 13.2. The Bertz CT molecular complexity index is 3760. The fraction of sp³-hybridized carbons (Fsp3) is 0.190. The van der Waals surface area contributed by atoms with Gasteiger partial charge in [-0.2, -0.15) is 0 Å². The Balaban J connectivity index is -0.00000102. The summed E-state index contributed by atoms with van der Waals surface area (Å²) in [4.78, 5) is 89.9. The number of hydrogen-bond donors (Lipinski definition) is 4. The average Bonchev–Trinajstić information content (AvgIpc) is 1.49. The summed E-state index contributed by atoms with van der Waals surface area (Å²) in [6.45, 7) is 7.76. The van der Waals surface area contributed by atoms with E-state index in [1.54, 1.807) is 13.8 Å². The molecular weight excluding hydrogens is 1360 g/mol. The van der Waals surface area contributed by atoms with Gasteiger partial charge in [-0.3, -0.25) is 25.3 Å². The van der Waals surface area contributed by atoms with Crippen LogP contribution >= 0.6 is 58.0 Å². The van der Waals surface area contributed by atoms with Crippen molar-refractivity contribution in [3.05, 3.63) is 226 Å². The number of aromatic nitrogens is 7. The number of nitrogens with two attached hydrogens (primary N) is 1. The first-order valence-electron chi connectivity index (χ1n) is 24.0. The predicted octanol–water partition coefficient (Wildman–Crippen LogP) is 11.5. The van der Waals surface area contributed by atoms with Crippen LogP contribution in [-0.4, -0.2) is 108 Å². The molecule has 6 N–H and O–H groups in total. The van der Waals surface area contributed by atoms with Gasteiger partial charge in [0.1, 0.15) is 51.2 Å². The zero-order chi connectivity index (χ0) is 67.4. The van der Waals surface area contributed by atoms with E-state index in [-0.39, 0.29) is 134 Å². The minimum Gasteiger partial charge on any atom is -0.870 e. The number of carboxylic acid groups (broad SMARTS) is 2. The molecule has 93 heavy (non-hydrogen) atoms. The number of anilines is 2. The monoisotopic (exact) mass is 1420 g/mol. The number of nitrogens with one attached hydrogen (secondary N) is 1. The van der Waals surface area contributed by atoms with E-state index in [1.807, 2.05) is 30.3 Å². The van der Waals surface area contributed by atoms with Crippen molar-refractivity contribution in [3.8, 4) is 0 Å². The minimum atomic E-state index is -1.34. The molecule has 0 spiro atoms. The Morgan fingerprint density at radius 2 is 0.849 bits per heavy atom. The van der Waals surface area contributed by atoms with Gasteiger partial charge in [-0.15, -0.1) is 0 Å². The quantitative estimate of drug-likeness (QED) is 0.0361. The third-order valence-corrected chi connectivity index (χ3v) is 11.6. The van der Waals surface area contributed by atoms with Gasteiger partial charge >= 0.3 is 65.5 Å². The molecule has 22 nitrogen and oxygen atoms in total. The van der Waals surface area contributed by atoms with Crippen molar-refractivity contribution >= 4 is 105 Å². The molecule has 35 heteroatoms. The topological polar surface area (TPSA) is 338 Å². The average molecular weight is 1420 g/mol. The van der Waals surface area contributed by atoms with Crippen LogP contribution in [-0.2, 0) is 25.6 Å². The summed E-state index contributed by atoms with van der Waals surface area (Å²) < 4.78 is 108. The molecule has 0 saturated carbocycles. The Hall–Kier alpha value is -8.39. The largest absolute Gasteiger partial charge is 1.00 e. The Morgan fingerprint density at radius 3 is 1.27 bits per heavy atom. The zero-order valence-electron chi connectivity index (χ0n) is 48.6. The van der Waals surface area contributed by atoms with Gasteiger partial charge in [-0.05, 0) is 70.5 Å². The summed E-state index contributed by atoms with van der Waals surface area (Å²) in [5.74, 6) is -8.77. The van der Waals surface area contributed by atoms with E-state index in [4.69, 9.17) is 78.7 Å². The van der Waals surface area contributed by atoms with E-state index in [0.29, 0.717) is 11.4 Å². The second-order valence-corrected chi connectivity index (χ2v) is 18.4. The Kier molecular flexibility index (Phi) is 42.2. The third-order valence-electron chi connectivity index (χ3n) is 10.2. The van der Waals surface area contributed by atoms with Crippen molar-refractivity contribution in [2.24, 2.45) is 0 Å². The van der Waals surface area contributed by atoms with Crippen LogP contribution < -0.4 is 40.6 Å². The molecule has 1 amide bonds. The van der Waals surface area contributed by atoms with E-state index in [2.05, 4.69) is 54.4 Å². The number of nitrogen functional groups attached to an aromatic ring is 1. The summed E-state index contributed by atoms with van der Waals surface area (Å²) in [5, 5.41) is 17.9. The Morgan fingerprint density at radius 1 is 0.473 bits per heavy atom. The van der Waals surface area contributed by atoms with Gasteiger partial charge in [0.15, 0.2) is 21.9 Å². The van der Waals surface area contributed by atoms with Gasteiger partial charge in [0, 0.05) is 24.5 Å². The van der Waals surface area contributed by atoms with Crippen molar-refractivity contribution in [1.29, 1.82) is 0 Å². The molecule has 496 valence electrons. The van der Waals surface area contributed by atoms with Crippen LogP contribution in [0.1, 0.15) is 101 Å². The molecule has 0 fully saturated rings. The number of carboxylic acids is 2. The maximum Gasteiger partial charge on any atom is 1.00 e. The van der Waals surface area contributed by atoms with Gasteiger partial charge in [0.25, 0.3) is 0 Å². The molecule has 0 saturated heterocycles. The number of hydrogen-bond acceptors (Lipinski definition) is 19. The molecule has 8 aromatic rings. The molecular formula is C58H56Cl5F7N9NaO13. The number of aryl methyl sites for hydroxylation is 5. The third kappa shape index (κ3) is 30.7. The molecule has 0 atom stereocenters. The molecule has 7 heterocycles. The van der Waals surface area contributed by atoms with Crippen LogP contribution in [0.25, 0.3) is 0 Å². The molecule has 7 aromatic heterocycles. The first kappa shape index (κ1) is 88.8. The fourth-order valence-electron chi connectivity index (χ4n) is 5.43. The molecule has 1 aromatic carbocycles. The number of pyridine rings is 7. The molecule has 0 aliphatic carbocycles. The molecule has 8 rings (SSSR count). The van der Waals surface area contributed by atoms with Crippen LogP contribution in [0.2, 0.25) is 25.8 Å². The number of ether oxygens (including phenoxy) is 4. The second kappa shape index (κ2) is 44.2. The van der Waals surface area contributed by atoms with Crippen LogP contribution in [0.15, 0.2) is 97.6 Å². The molecule has 0 unspecified atom stereocenters. The SMILES string of the molecule is C.C.COC(=O)c1cc(F)c(C)nc1Cl.COC(=O)c1cc(F)c(Cl)nc1Cl.COC(=O)c1cnc(C)c(F)c1.Cc1ncc(C(=O)O)cc1F.Cc1ncc(N)cc1F.Cc1ncc(NC(=O)OCc2ccccc2)cc1F.O=C(O)c1cc(F)c(Cl)nc1Cl.[Na+].[OH-]. The summed E-state index contributed by atoms with van der Waals surface area (Å²) in [5.41, 5.74) is 7.39. The van der Waals surface area contributed by atoms with E-state index in [9.17, 15) is 59.5 Å². The van der Waals surface area contributed by atoms with Gasteiger partial charge < -0.3 is 40.4 Å². The standard InChI is InChI=1S/C14H13FN2O2.C8H7ClFNO2.C8H8FNO2.C7H4Cl2FNO2.C7H6FNO2.C6H2Cl2FNO2.C6H7FN2.2CH4.Na.H2O/c1-10-13(15)7-12(8-16-10)17-14(18)19-9-11-5-3-2-4-6-11;1-4-6(10)3-5(7(9)11-4)8(12)13-2;1-5-7(9)3-6(4-10-5)8(11)12-2;1-13-7(12)3-2-4(10)6(9)11-5(3)8;1-4-6(8)2-5(3-9-4)7(10)11;7-4-2(6(11)12)1-3(9)5(8)10-4;1-4-6(7)2-5(8)3-9-4;;;;/h2-8H,9H2,1H3,(H,17,18);3H,1-2H3;3-4H,1-2H3;2H,1H3;2-3H,1H3,(H,10,11);1H,(H,11,12);2-3H,8H2,1H3;2*1H4;;1H2/q;;;;;;;;;+1;/p-1. The minimum absolute atomic E-state index is 0. The number of benzene rings is 1. The molecule has 0 bridgehead atoms. The van der Waals surface area contributed by atoms with E-state index in [1.165, 1.54) is 65.7 Å². The van der Waals surface area contributed by atoms with E-state index < -0.39 is 81.6 Å². The molecule has 0 aliphatic rings. The van der Waals surface area contributed by atoms with Crippen LogP contribution in [0.4, 0.5) is 46.9 Å². The predicted molar refractivity (Wildman–Crippen MR) is 326 cm³/mol. The smallest absolute Gasteiger partial charge is 0.870 e. The number of methoxy groups -OCH3 is 3. The number of amides is 1. The van der Waals surface area contributed by atoms with E-state index in [0.717, 1.165) is 49.2 Å². The molecule has 0 radical (unpaired) electrons. The Labute approximate surface area is 574 Å². The van der Waals surface area contributed by atoms with Crippen molar-refractivity contribution in [2.75, 3.05) is 32.4 Å². The number of carbonyl (C=O) groups excluding carboxylic acids is 4. The number of halogens is 12. The summed E-state index contributed by atoms with van der Waals surface area (Å²) in [6, 6.07) is 16.4. The van der Waals surface area contributed by atoms with Gasteiger partial charge in [0.2, 0.25) is 0 Å². The van der Waals surface area contributed by atoms with E-state index >= 15 is 0 Å². The number of aromatic carboxylic acids is 2. The second-order valence-electron chi connectivity index (χ2n) is 16.6. The summed E-state index contributed by atoms with van der Waals surface area (Å²) in [7, 11) is 3.59. The normalized spacial score (nSPS) is 9.38. The number of rotatable bonds is 8. The van der Waals surface area contributed by atoms with Crippen LogP contribution in [0.3, 0.4) is 0 Å². The first-order valence-corrected chi connectivity index (χ1v) is 25.9. The summed E-state index contributed by atoms with van der Waals surface area (Å²) >= 11 is 27.0. The van der Waals surface area contributed by atoms with Gasteiger partial charge in [0.05, 0.1) is 101 Å². The van der Waals surface area contributed by atoms with Crippen molar-refractivity contribution in [2.45, 2.75) is 56.1 Å². The summed E-state index contributed by atoms with van der Waals surface area (Å²) in [6.07, 6.45) is 4.57. The van der Waals surface area contributed by atoms with Crippen molar-refractivity contribution in [1.82, 2.24) is 34.9 Å². The van der Waals surface area contributed by atoms with Gasteiger partial charge in [-0.25, -0.2) is 74.5 Å². The number of carbonyl (C=O) groups is 6. The first-order chi connectivity index (χ1) is 41.7. The number of esters is 3. The van der Waals surface area contributed by atoms with Crippen LogP contribution in [0, 0.1) is 75.3 Å². The van der Waals surface area contributed by atoms with Crippen LogP contribution in [0.5, 0.6) is 0 Å². The maximum absolute atomic E-state index is 13.2. The van der Waals surface area contributed by atoms with Crippen molar-refractivity contribution in [3.63, 3.8) is 0 Å². The molecule has 0 aliphatic heterocycles. The van der Waals surface area contributed by atoms with Gasteiger partial charge in [-0.1, -0.05) is 103 Å². The zero-order valence-corrected chi connectivity index (χ0v) is 54.4. The fourth-order valence-corrected chi connectivity index (χ4v) is 6.49.